The molecule has 0 aromatic heterocycles. The van der Waals surface area contributed by atoms with Crippen molar-refractivity contribution in [1.29, 1.82) is 0 Å². The van der Waals surface area contributed by atoms with E-state index < -0.39 is 5.96 Å². The molecule has 0 spiro atoms. The van der Waals surface area contributed by atoms with Crippen LogP contribution in [-0.4, -0.2) is 30.8 Å². The van der Waals surface area contributed by atoms with E-state index in [1.165, 1.54) is 118 Å². The van der Waals surface area contributed by atoms with Crippen molar-refractivity contribution in [3.8, 4) is 0 Å². The molecule has 0 aliphatic carbocycles. The summed E-state index contributed by atoms with van der Waals surface area (Å²) in [5.41, 5.74) is 0. The minimum Gasteiger partial charge on any atom is -0.0622 e. The summed E-state index contributed by atoms with van der Waals surface area (Å²) in [6.07, 6.45) is 23.2. The molecule has 0 bridgehead atoms. The molecule has 2 rings (SSSR count). The van der Waals surface area contributed by atoms with E-state index in [0.29, 0.717) is 0 Å². The van der Waals surface area contributed by atoms with Crippen LogP contribution in [0.4, 0.5) is 0 Å². The van der Waals surface area contributed by atoms with Crippen LogP contribution in [0, 0.1) is 0 Å². The third kappa shape index (κ3) is 11.2. The van der Waals surface area contributed by atoms with Crippen LogP contribution in [0.3, 0.4) is 0 Å². The minimum atomic E-state index is -1.86. The van der Waals surface area contributed by atoms with E-state index in [0.717, 1.165) is 0 Å². The fraction of sp³-hybridized carbons (Fsp3) is 0.625. The van der Waals surface area contributed by atoms with Gasteiger partial charge in [-0.1, -0.05) is 60.7 Å². The average molecular weight is 535 g/mol. The van der Waals surface area contributed by atoms with Crippen LogP contribution in [-0.2, 0) is 0 Å². The van der Waals surface area contributed by atoms with Crippen molar-refractivity contribution in [2.24, 2.45) is 0 Å². The van der Waals surface area contributed by atoms with Crippen LogP contribution in [0.5, 0.6) is 0 Å². The smallest absolute Gasteiger partial charge is 0.0622 e. The molecule has 35 heavy (non-hydrogen) atoms. The number of hydrogen-bond acceptors (Lipinski definition) is 0. The Morgan fingerprint density at radius 1 is 0.514 bits per heavy atom. The molecule has 0 N–H and O–H groups in total. The van der Waals surface area contributed by atoms with Crippen molar-refractivity contribution >= 4 is 35.7 Å². The van der Waals surface area contributed by atoms with Gasteiger partial charge in [-0.15, -0.1) is 0 Å². The summed E-state index contributed by atoms with van der Waals surface area (Å²) < 4.78 is 0. The quantitative estimate of drug-likeness (QED) is 0.117. The number of unbranched alkanes of at least 4 members (excludes halogenated alkanes) is 11. The van der Waals surface area contributed by atoms with Gasteiger partial charge in [0.1, 0.15) is 0 Å². The maximum atomic E-state index is 7.20. The van der Waals surface area contributed by atoms with Crippen molar-refractivity contribution in [2.75, 3.05) is 30.8 Å². The van der Waals surface area contributed by atoms with Gasteiger partial charge in [-0.05, 0) is 31.1 Å². The normalized spacial score (nSPS) is 13.1. The summed E-state index contributed by atoms with van der Waals surface area (Å²) in [6.45, 7) is 6.97. The molecule has 198 valence electrons. The molecule has 0 aliphatic heterocycles. The maximum absolute atomic E-state index is 7.20. The molecule has 0 heterocycles. The molecule has 2 aromatic rings. The second-order valence-electron chi connectivity index (χ2n) is 10.6. The number of halogens is 1. The Kier molecular flexibility index (Phi) is 15.1. The summed E-state index contributed by atoms with van der Waals surface area (Å²) in [4.78, 5) is 0. The molecule has 0 amide bonds. The van der Waals surface area contributed by atoms with Crippen LogP contribution >= 0.6 is 25.1 Å². The summed E-state index contributed by atoms with van der Waals surface area (Å²) in [5, 5.41) is 3.05. The van der Waals surface area contributed by atoms with E-state index in [1.54, 1.807) is 0 Å². The SMILES string of the molecule is CCP(Cl)(CC)(CC)CCCCCCCCCCCCCCP(c1ccccc1)c1ccccc1. The molecule has 2 aromatic carbocycles. The number of benzene rings is 2. The van der Waals surface area contributed by atoms with E-state index in [2.05, 4.69) is 81.4 Å². The second kappa shape index (κ2) is 17.2. The molecule has 0 atom stereocenters. The summed E-state index contributed by atoms with van der Waals surface area (Å²) in [7, 11) is -0.208. The first-order valence-electron chi connectivity index (χ1n) is 14.6. The fourth-order valence-electron chi connectivity index (χ4n) is 5.31. The molecule has 0 aliphatic rings. The van der Waals surface area contributed by atoms with Gasteiger partial charge in [0.15, 0.2) is 0 Å². The van der Waals surface area contributed by atoms with Crippen LogP contribution < -0.4 is 10.6 Å². The summed E-state index contributed by atoms with van der Waals surface area (Å²) >= 11 is 7.20. The van der Waals surface area contributed by atoms with Crippen molar-refractivity contribution in [3.63, 3.8) is 0 Å². The van der Waals surface area contributed by atoms with Gasteiger partial charge < -0.3 is 0 Å². The van der Waals surface area contributed by atoms with Crippen molar-refractivity contribution in [1.82, 2.24) is 0 Å². The molecule has 0 unspecified atom stereocenters. The van der Waals surface area contributed by atoms with Gasteiger partial charge in [-0.2, -0.15) is 0 Å². The Bertz CT molecular complexity index is 722. The molecule has 0 nitrogen and oxygen atoms in total. The number of rotatable bonds is 20. The van der Waals surface area contributed by atoms with E-state index >= 15 is 0 Å². The Balaban J connectivity index is 1.49. The Labute approximate surface area is 224 Å². The van der Waals surface area contributed by atoms with Crippen LogP contribution in [0.25, 0.3) is 0 Å². The zero-order valence-electron chi connectivity index (χ0n) is 23.1. The number of hydrogen-bond donors (Lipinski definition) is 0. The van der Waals surface area contributed by atoms with E-state index in [4.69, 9.17) is 11.2 Å². The standard InChI is InChI=1S/C32H53ClP2/c1-4-35(33,5-2,6-3)30-24-16-14-12-10-8-7-9-11-13-15-23-29-34(31-25-19-17-20-26-31)32-27-21-18-22-28-32/h17-22,25-28H,4-16,23-24,29-30H2,1-3H3. The molecule has 0 fully saturated rings. The first kappa shape index (κ1) is 30.8. The molecule has 3 heteroatoms. The van der Waals surface area contributed by atoms with Crippen LogP contribution in [0.2, 0.25) is 0 Å². The zero-order chi connectivity index (χ0) is 25.3. The minimum absolute atomic E-state index is 0.208. The molecule has 0 saturated heterocycles. The first-order chi connectivity index (χ1) is 17.0. The third-order valence-corrected chi connectivity index (χ3v) is 19.8. The van der Waals surface area contributed by atoms with Gasteiger partial charge in [-0.25, -0.2) is 0 Å². The van der Waals surface area contributed by atoms with Gasteiger partial charge >= 0.3 is 133 Å². The van der Waals surface area contributed by atoms with Gasteiger partial charge in [0.05, 0.1) is 0 Å². The van der Waals surface area contributed by atoms with Crippen molar-refractivity contribution < 1.29 is 0 Å². The van der Waals surface area contributed by atoms with Crippen LogP contribution in [0.1, 0.15) is 97.8 Å². The van der Waals surface area contributed by atoms with Gasteiger partial charge in [-0.3, -0.25) is 0 Å². The van der Waals surface area contributed by atoms with E-state index in [-0.39, 0.29) is 7.92 Å². The Morgan fingerprint density at radius 2 is 0.857 bits per heavy atom. The van der Waals surface area contributed by atoms with Gasteiger partial charge in [0, 0.05) is 0 Å². The molecule has 0 radical (unpaired) electrons. The molecular weight excluding hydrogens is 482 g/mol. The monoisotopic (exact) mass is 534 g/mol. The molecular formula is C32H53ClP2. The van der Waals surface area contributed by atoms with Crippen LogP contribution in [0.15, 0.2) is 60.7 Å². The van der Waals surface area contributed by atoms with Gasteiger partial charge in [0.25, 0.3) is 0 Å². The second-order valence-corrected chi connectivity index (χ2v) is 21.7. The summed E-state index contributed by atoms with van der Waals surface area (Å²) in [5.74, 6) is -1.86. The van der Waals surface area contributed by atoms with E-state index in [1.807, 2.05) is 0 Å². The first-order valence-corrected chi connectivity index (χ1v) is 20.0. The zero-order valence-corrected chi connectivity index (χ0v) is 25.6. The third-order valence-electron chi connectivity index (χ3n) is 8.36. The average Bonchev–Trinajstić information content (AvgIpc) is 2.92. The Hall–Kier alpha value is -0.410. The van der Waals surface area contributed by atoms with Crippen molar-refractivity contribution in [2.45, 2.75) is 97.8 Å². The topological polar surface area (TPSA) is 0 Å². The van der Waals surface area contributed by atoms with Crippen molar-refractivity contribution in [3.05, 3.63) is 60.7 Å². The molecule has 0 saturated carbocycles. The summed E-state index contributed by atoms with van der Waals surface area (Å²) in [6, 6.07) is 22.3. The predicted octanol–water partition coefficient (Wildman–Crippen LogP) is 10.6. The Morgan fingerprint density at radius 3 is 1.23 bits per heavy atom. The van der Waals surface area contributed by atoms with E-state index in [9.17, 15) is 0 Å². The fourth-order valence-corrected chi connectivity index (χ4v) is 11.4. The predicted molar refractivity (Wildman–Crippen MR) is 169 cm³/mol. The van der Waals surface area contributed by atoms with Gasteiger partial charge in [0.2, 0.25) is 0 Å².